The summed E-state index contributed by atoms with van der Waals surface area (Å²) in [6.45, 7) is 2.29. The van der Waals surface area contributed by atoms with Crippen molar-refractivity contribution < 1.29 is 0 Å². The Hall–Kier alpha value is -0.730. The topological polar surface area (TPSA) is 30.3 Å². The van der Waals surface area contributed by atoms with Gasteiger partial charge in [-0.15, -0.1) is 0 Å². The van der Waals surface area contributed by atoms with Crippen molar-refractivity contribution in [1.82, 2.24) is 9.80 Å². The molecule has 0 bridgehead atoms. The SMILES string of the molecule is N=C(N1CCCC2CCCCC21)N1CCCC2CCCCC21. The van der Waals surface area contributed by atoms with Crippen LogP contribution in [-0.2, 0) is 0 Å². The van der Waals surface area contributed by atoms with Crippen LogP contribution in [0, 0.1) is 17.2 Å². The third-order valence-electron chi connectivity index (χ3n) is 7.03. The van der Waals surface area contributed by atoms with Gasteiger partial charge in [-0.3, -0.25) is 5.41 Å². The summed E-state index contributed by atoms with van der Waals surface area (Å²) in [5.74, 6) is 2.68. The zero-order valence-electron chi connectivity index (χ0n) is 14.1. The van der Waals surface area contributed by atoms with E-state index in [1.54, 1.807) is 0 Å². The van der Waals surface area contributed by atoms with Gasteiger partial charge in [0, 0.05) is 25.2 Å². The molecular formula is C19H33N3. The summed E-state index contributed by atoms with van der Waals surface area (Å²) in [5, 5.41) is 8.98. The minimum absolute atomic E-state index is 0.693. The number of hydrogen-bond acceptors (Lipinski definition) is 1. The van der Waals surface area contributed by atoms with Crippen molar-refractivity contribution in [2.24, 2.45) is 11.8 Å². The Morgan fingerprint density at radius 3 is 1.50 bits per heavy atom. The van der Waals surface area contributed by atoms with Crippen molar-refractivity contribution in [1.29, 1.82) is 5.41 Å². The second kappa shape index (κ2) is 6.41. The smallest absolute Gasteiger partial charge is 0.194 e. The molecule has 2 heterocycles. The van der Waals surface area contributed by atoms with Crippen molar-refractivity contribution in [2.75, 3.05) is 13.1 Å². The Kier molecular flexibility index (Phi) is 4.32. The molecule has 4 unspecified atom stereocenters. The van der Waals surface area contributed by atoms with Crippen LogP contribution in [0.25, 0.3) is 0 Å². The van der Waals surface area contributed by atoms with E-state index in [9.17, 15) is 0 Å². The lowest BCUT2D eigenvalue weighted by atomic mass is 9.77. The van der Waals surface area contributed by atoms with Crippen LogP contribution in [0.15, 0.2) is 0 Å². The van der Waals surface area contributed by atoms with Gasteiger partial charge >= 0.3 is 0 Å². The summed E-state index contributed by atoms with van der Waals surface area (Å²) in [4.78, 5) is 5.06. The fraction of sp³-hybridized carbons (Fsp3) is 0.947. The summed E-state index contributed by atoms with van der Waals surface area (Å²) in [7, 11) is 0. The summed E-state index contributed by atoms with van der Waals surface area (Å²) < 4.78 is 0. The van der Waals surface area contributed by atoms with E-state index < -0.39 is 0 Å². The van der Waals surface area contributed by atoms with E-state index in [-0.39, 0.29) is 0 Å². The maximum atomic E-state index is 8.98. The quantitative estimate of drug-likeness (QED) is 0.536. The van der Waals surface area contributed by atoms with Crippen LogP contribution in [0.4, 0.5) is 0 Å². The Bertz CT molecular complexity index is 367. The Labute approximate surface area is 135 Å². The van der Waals surface area contributed by atoms with Gasteiger partial charge in [-0.1, -0.05) is 25.7 Å². The second-order valence-corrected chi connectivity index (χ2v) is 8.22. The van der Waals surface area contributed by atoms with Crippen LogP contribution in [0.5, 0.6) is 0 Å². The Balaban J connectivity index is 1.49. The molecule has 4 aliphatic rings. The van der Waals surface area contributed by atoms with Crippen molar-refractivity contribution in [3.8, 4) is 0 Å². The third-order valence-corrected chi connectivity index (χ3v) is 7.03. The van der Waals surface area contributed by atoms with Crippen LogP contribution >= 0.6 is 0 Å². The molecular weight excluding hydrogens is 270 g/mol. The van der Waals surface area contributed by atoms with Crippen LogP contribution < -0.4 is 0 Å². The minimum atomic E-state index is 0.693. The first kappa shape index (κ1) is 14.8. The number of rotatable bonds is 0. The normalized spacial score (nSPS) is 39.1. The van der Waals surface area contributed by atoms with Gasteiger partial charge in [-0.05, 0) is 63.2 Å². The molecule has 2 aliphatic heterocycles. The van der Waals surface area contributed by atoms with E-state index >= 15 is 0 Å². The van der Waals surface area contributed by atoms with Crippen LogP contribution in [0.3, 0.4) is 0 Å². The molecule has 2 aliphatic carbocycles. The molecule has 124 valence electrons. The summed E-state index contributed by atoms with van der Waals surface area (Å²) in [6, 6.07) is 1.39. The van der Waals surface area contributed by atoms with Gasteiger partial charge < -0.3 is 9.80 Å². The van der Waals surface area contributed by atoms with Crippen molar-refractivity contribution >= 4 is 5.96 Å². The lowest BCUT2D eigenvalue weighted by Gasteiger charge is -2.51. The predicted molar refractivity (Wildman–Crippen MR) is 91.1 cm³/mol. The number of nitrogens with one attached hydrogen (secondary N) is 1. The number of guanidine groups is 1. The van der Waals surface area contributed by atoms with Crippen LogP contribution in [0.1, 0.15) is 77.0 Å². The highest BCUT2D eigenvalue weighted by Gasteiger charge is 2.40. The van der Waals surface area contributed by atoms with E-state index in [1.165, 1.54) is 77.0 Å². The molecule has 22 heavy (non-hydrogen) atoms. The van der Waals surface area contributed by atoms with Gasteiger partial charge in [-0.2, -0.15) is 0 Å². The van der Waals surface area contributed by atoms with Crippen LogP contribution in [-0.4, -0.2) is 40.9 Å². The monoisotopic (exact) mass is 303 g/mol. The molecule has 0 aromatic rings. The molecule has 4 fully saturated rings. The van der Waals surface area contributed by atoms with Gasteiger partial charge in [-0.25, -0.2) is 0 Å². The number of likely N-dealkylation sites (tertiary alicyclic amines) is 2. The first-order valence-electron chi connectivity index (χ1n) is 9.96. The zero-order chi connectivity index (χ0) is 14.9. The van der Waals surface area contributed by atoms with Crippen molar-refractivity contribution in [2.45, 2.75) is 89.1 Å². The second-order valence-electron chi connectivity index (χ2n) is 8.22. The highest BCUT2D eigenvalue weighted by Crippen LogP contribution is 2.39. The molecule has 0 aromatic carbocycles. The number of piperidine rings is 2. The maximum Gasteiger partial charge on any atom is 0.194 e. The van der Waals surface area contributed by atoms with E-state index in [1.807, 2.05) is 0 Å². The lowest BCUT2D eigenvalue weighted by Crippen LogP contribution is -2.59. The molecule has 0 aromatic heterocycles. The van der Waals surface area contributed by atoms with E-state index in [4.69, 9.17) is 5.41 Å². The highest BCUT2D eigenvalue weighted by molar-refractivity contribution is 5.78. The molecule has 0 radical (unpaired) electrons. The number of fused-ring (bicyclic) bond motifs is 2. The molecule has 2 saturated carbocycles. The predicted octanol–water partition coefficient (Wildman–Crippen LogP) is 4.23. The number of nitrogens with zero attached hydrogens (tertiary/aromatic N) is 2. The first-order chi connectivity index (χ1) is 10.8. The average Bonchev–Trinajstić information content (AvgIpc) is 2.60. The Morgan fingerprint density at radius 1 is 0.591 bits per heavy atom. The lowest BCUT2D eigenvalue weighted by molar-refractivity contribution is 0.0682. The van der Waals surface area contributed by atoms with E-state index in [2.05, 4.69) is 9.80 Å². The molecule has 4 atom stereocenters. The van der Waals surface area contributed by atoms with E-state index in [0.29, 0.717) is 12.1 Å². The fourth-order valence-corrected chi connectivity index (χ4v) is 5.94. The Morgan fingerprint density at radius 2 is 1.00 bits per heavy atom. The summed E-state index contributed by atoms with van der Waals surface area (Å²) in [6.07, 6.45) is 16.6. The molecule has 3 heteroatoms. The van der Waals surface area contributed by atoms with Crippen molar-refractivity contribution in [3.05, 3.63) is 0 Å². The van der Waals surface area contributed by atoms with Gasteiger partial charge in [0.1, 0.15) is 0 Å². The largest absolute Gasteiger partial charge is 0.340 e. The van der Waals surface area contributed by atoms with Gasteiger partial charge in [0.15, 0.2) is 5.96 Å². The first-order valence-corrected chi connectivity index (χ1v) is 9.96. The maximum absolute atomic E-state index is 8.98. The molecule has 2 saturated heterocycles. The fourth-order valence-electron chi connectivity index (χ4n) is 5.94. The highest BCUT2D eigenvalue weighted by atomic mass is 15.4. The standard InChI is InChI=1S/C19H33N3/c20-19(21-13-5-9-15-7-1-3-11-17(15)21)22-14-6-10-16-8-2-4-12-18(16)22/h15-18,20H,1-14H2. The van der Waals surface area contributed by atoms with Gasteiger partial charge in [0.25, 0.3) is 0 Å². The molecule has 0 spiro atoms. The molecule has 1 N–H and O–H groups in total. The molecule has 4 rings (SSSR count). The number of hydrogen-bond donors (Lipinski definition) is 1. The average molecular weight is 303 g/mol. The molecule has 0 amide bonds. The summed E-state index contributed by atoms with van der Waals surface area (Å²) >= 11 is 0. The van der Waals surface area contributed by atoms with Gasteiger partial charge in [0.05, 0.1) is 0 Å². The minimum Gasteiger partial charge on any atom is -0.340 e. The van der Waals surface area contributed by atoms with E-state index in [0.717, 1.165) is 30.9 Å². The van der Waals surface area contributed by atoms with Crippen LogP contribution in [0.2, 0.25) is 0 Å². The summed E-state index contributed by atoms with van der Waals surface area (Å²) in [5.41, 5.74) is 0. The van der Waals surface area contributed by atoms with Crippen molar-refractivity contribution in [3.63, 3.8) is 0 Å². The third kappa shape index (κ3) is 2.65. The molecule has 3 nitrogen and oxygen atoms in total. The zero-order valence-corrected chi connectivity index (χ0v) is 14.1. The van der Waals surface area contributed by atoms with Gasteiger partial charge in [0.2, 0.25) is 0 Å².